The number of hydroxylamine groups is 1. The van der Waals surface area contributed by atoms with Crippen molar-refractivity contribution < 1.29 is 4.84 Å². The van der Waals surface area contributed by atoms with Crippen LogP contribution in [0.5, 0.6) is 0 Å². The van der Waals surface area contributed by atoms with Crippen molar-refractivity contribution in [1.82, 2.24) is 5.48 Å². The molecule has 0 radical (unpaired) electrons. The Bertz CT molecular complexity index is 757. The normalized spacial score (nSPS) is 13.8. The second-order valence-corrected chi connectivity index (χ2v) is 6.83. The van der Waals surface area contributed by atoms with E-state index in [0.29, 0.717) is 27.4 Å². The van der Waals surface area contributed by atoms with Crippen LogP contribution in [0.15, 0.2) is 71.4 Å². The van der Waals surface area contributed by atoms with E-state index < -0.39 is 0 Å². The Morgan fingerprint density at radius 2 is 1.84 bits per heavy atom. The van der Waals surface area contributed by atoms with E-state index in [4.69, 9.17) is 45.4 Å². The van der Waals surface area contributed by atoms with Gasteiger partial charge in [-0.15, -0.1) is 0 Å². The zero-order chi connectivity index (χ0) is 18.2. The van der Waals surface area contributed by atoms with Crippen LogP contribution in [-0.2, 0) is 11.4 Å². The first kappa shape index (κ1) is 19.8. The number of hydrogen-bond donors (Lipinski definition) is 2. The maximum Gasteiger partial charge on any atom is 0.0965 e. The highest BCUT2D eigenvalue weighted by atomic mass is 35.5. The van der Waals surface area contributed by atoms with E-state index in [1.165, 1.54) is 0 Å². The predicted molar refractivity (Wildman–Crippen MR) is 105 cm³/mol. The van der Waals surface area contributed by atoms with Gasteiger partial charge in [-0.1, -0.05) is 71.2 Å². The monoisotopic (exact) mass is 396 g/mol. The summed E-state index contributed by atoms with van der Waals surface area (Å²) < 4.78 is 0. The van der Waals surface area contributed by atoms with Gasteiger partial charge in [-0.05, 0) is 42.3 Å². The average molecular weight is 398 g/mol. The van der Waals surface area contributed by atoms with Gasteiger partial charge in [-0.25, -0.2) is 0 Å². The Balaban J connectivity index is 2.09. The van der Waals surface area contributed by atoms with Gasteiger partial charge >= 0.3 is 0 Å². The summed E-state index contributed by atoms with van der Waals surface area (Å²) in [4.78, 5) is 5.63. The highest BCUT2D eigenvalue weighted by Gasteiger charge is 2.14. The molecule has 0 saturated heterocycles. The first-order valence-corrected chi connectivity index (χ1v) is 8.76. The number of halogens is 3. The van der Waals surface area contributed by atoms with Crippen LogP contribution in [-0.4, -0.2) is 0 Å². The van der Waals surface area contributed by atoms with Crippen molar-refractivity contribution in [2.45, 2.75) is 19.6 Å². The van der Waals surface area contributed by atoms with Crippen LogP contribution >= 0.6 is 34.8 Å². The summed E-state index contributed by atoms with van der Waals surface area (Å²) in [5.41, 5.74) is 11.7. The van der Waals surface area contributed by atoms with E-state index in [-0.39, 0.29) is 6.04 Å². The summed E-state index contributed by atoms with van der Waals surface area (Å²) in [6, 6.07) is 14.8. The Labute approximate surface area is 163 Å². The molecular weight excluding hydrogens is 379 g/mol. The Morgan fingerprint density at radius 3 is 2.48 bits per heavy atom. The van der Waals surface area contributed by atoms with Crippen LogP contribution in [0, 0.1) is 0 Å². The molecule has 0 aromatic heterocycles. The highest BCUT2D eigenvalue weighted by molar-refractivity contribution is 6.42. The molecule has 0 bridgehead atoms. The Kier molecular flexibility index (Phi) is 7.82. The molecule has 2 rings (SSSR count). The number of rotatable bonds is 7. The summed E-state index contributed by atoms with van der Waals surface area (Å²) >= 11 is 17.8. The van der Waals surface area contributed by atoms with E-state index in [2.05, 4.69) is 5.48 Å². The zero-order valence-electron chi connectivity index (χ0n) is 13.7. The van der Waals surface area contributed by atoms with E-state index in [0.717, 1.165) is 11.1 Å². The van der Waals surface area contributed by atoms with Gasteiger partial charge in [0.05, 0.1) is 22.7 Å². The number of nitrogens with one attached hydrogen (secondary N) is 1. The van der Waals surface area contributed by atoms with Crippen molar-refractivity contribution in [3.05, 3.63) is 92.6 Å². The topological polar surface area (TPSA) is 47.3 Å². The van der Waals surface area contributed by atoms with Gasteiger partial charge in [0.15, 0.2) is 0 Å². The molecule has 0 aliphatic rings. The first-order valence-electron chi connectivity index (χ1n) is 7.63. The third kappa shape index (κ3) is 6.38. The fraction of sp³-hybridized carbons (Fsp3) is 0.158. The van der Waals surface area contributed by atoms with Gasteiger partial charge in [0.2, 0.25) is 0 Å². The first-order chi connectivity index (χ1) is 12.0. The second kappa shape index (κ2) is 9.85. The maximum atomic E-state index is 6.20. The lowest BCUT2D eigenvalue weighted by Crippen LogP contribution is -2.26. The number of allylic oxidation sites excluding steroid dienone is 3. The van der Waals surface area contributed by atoms with Crippen molar-refractivity contribution in [3.8, 4) is 0 Å². The van der Waals surface area contributed by atoms with Gasteiger partial charge < -0.3 is 5.73 Å². The molecule has 132 valence electrons. The third-order valence-corrected chi connectivity index (χ3v) is 4.26. The van der Waals surface area contributed by atoms with E-state index in [9.17, 15) is 0 Å². The third-order valence-electron chi connectivity index (χ3n) is 3.40. The zero-order valence-corrected chi connectivity index (χ0v) is 15.9. The summed E-state index contributed by atoms with van der Waals surface area (Å²) in [7, 11) is 0. The number of nitrogens with two attached hydrogens (primary N) is 1. The van der Waals surface area contributed by atoms with Gasteiger partial charge in [0.25, 0.3) is 0 Å². The number of hydrogen-bond acceptors (Lipinski definition) is 3. The minimum Gasteiger partial charge on any atom is -0.400 e. The fourth-order valence-electron chi connectivity index (χ4n) is 2.12. The standard InChI is InChI=1S/C19H19Cl3N2O/c1-13(20)7-10-18(23)19(15-5-3-2-4-6-15)24-25-12-14-8-9-16(21)17(22)11-14/h2-11,19,24H,12,23H2,1H3/b13-7+,18-10-. The highest BCUT2D eigenvalue weighted by Crippen LogP contribution is 2.23. The van der Waals surface area contributed by atoms with Gasteiger partial charge in [0.1, 0.15) is 0 Å². The molecule has 2 aromatic carbocycles. The van der Waals surface area contributed by atoms with Crippen molar-refractivity contribution >= 4 is 34.8 Å². The van der Waals surface area contributed by atoms with Crippen LogP contribution in [0.1, 0.15) is 24.1 Å². The van der Waals surface area contributed by atoms with Gasteiger partial charge in [0, 0.05) is 10.7 Å². The molecule has 1 unspecified atom stereocenters. The molecule has 1 atom stereocenters. The van der Waals surface area contributed by atoms with Crippen molar-refractivity contribution in [3.63, 3.8) is 0 Å². The summed E-state index contributed by atoms with van der Waals surface area (Å²) in [6.45, 7) is 2.11. The molecule has 0 heterocycles. The van der Waals surface area contributed by atoms with E-state index >= 15 is 0 Å². The molecule has 0 aliphatic heterocycles. The molecule has 0 fully saturated rings. The molecular formula is C19H19Cl3N2O. The summed E-state index contributed by atoms with van der Waals surface area (Å²) in [5, 5.41) is 1.65. The minimum absolute atomic E-state index is 0.309. The molecule has 0 aliphatic carbocycles. The SMILES string of the molecule is C/C(Cl)=C\C=C(/N)C(NOCc1ccc(Cl)c(Cl)c1)c1ccccc1. The average Bonchev–Trinajstić information content (AvgIpc) is 2.60. The van der Waals surface area contributed by atoms with Crippen molar-refractivity contribution in [2.24, 2.45) is 5.73 Å². The maximum absolute atomic E-state index is 6.20. The molecule has 2 aromatic rings. The van der Waals surface area contributed by atoms with Gasteiger partial charge in [-0.3, -0.25) is 4.84 Å². The molecule has 0 saturated carbocycles. The second-order valence-electron chi connectivity index (χ2n) is 5.42. The molecule has 0 spiro atoms. The largest absolute Gasteiger partial charge is 0.400 e. The van der Waals surface area contributed by atoms with Crippen LogP contribution in [0.3, 0.4) is 0 Å². The predicted octanol–water partition coefficient (Wildman–Crippen LogP) is 5.74. The van der Waals surface area contributed by atoms with E-state index in [1.54, 1.807) is 31.2 Å². The van der Waals surface area contributed by atoms with Crippen LogP contribution in [0.25, 0.3) is 0 Å². The molecule has 3 N–H and O–H groups in total. The Morgan fingerprint density at radius 1 is 1.12 bits per heavy atom. The van der Waals surface area contributed by atoms with E-state index in [1.807, 2.05) is 36.4 Å². The van der Waals surface area contributed by atoms with Crippen molar-refractivity contribution in [2.75, 3.05) is 0 Å². The smallest absolute Gasteiger partial charge is 0.0965 e. The summed E-state index contributed by atoms with van der Waals surface area (Å²) in [5.74, 6) is 0. The Hall–Kier alpha value is -1.49. The fourth-order valence-corrected chi connectivity index (χ4v) is 2.50. The van der Waals surface area contributed by atoms with Crippen LogP contribution in [0.4, 0.5) is 0 Å². The van der Waals surface area contributed by atoms with Crippen LogP contribution in [0.2, 0.25) is 10.0 Å². The van der Waals surface area contributed by atoms with Crippen LogP contribution < -0.4 is 11.2 Å². The lowest BCUT2D eigenvalue weighted by Gasteiger charge is -2.19. The lowest BCUT2D eigenvalue weighted by molar-refractivity contribution is 0.0104. The number of benzene rings is 2. The molecule has 6 heteroatoms. The quantitative estimate of drug-likeness (QED) is 0.462. The van der Waals surface area contributed by atoms with Crippen molar-refractivity contribution in [1.29, 1.82) is 0 Å². The summed E-state index contributed by atoms with van der Waals surface area (Å²) in [6.07, 6.45) is 3.50. The van der Waals surface area contributed by atoms with Gasteiger partial charge in [-0.2, -0.15) is 5.48 Å². The molecule has 3 nitrogen and oxygen atoms in total. The lowest BCUT2D eigenvalue weighted by atomic mass is 10.0. The molecule has 25 heavy (non-hydrogen) atoms. The minimum atomic E-state index is -0.309. The molecule has 0 amide bonds.